The topological polar surface area (TPSA) is 71.4 Å². The van der Waals surface area contributed by atoms with Gasteiger partial charge in [0, 0.05) is 24.8 Å². The number of halogens is 2. The van der Waals surface area contributed by atoms with E-state index in [1.165, 1.54) is 0 Å². The predicted molar refractivity (Wildman–Crippen MR) is 110 cm³/mol. The van der Waals surface area contributed by atoms with E-state index < -0.39 is 0 Å². The van der Waals surface area contributed by atoms with Crippen LogP contribution in [0.25, 0.3) is 11.3 Å². The molecule has 2 saturated heterocycles. The van der Waals surface area contributed by atoms with Crippen molar-refractivity contribution in [1.29, 1.82) is 0 Å². The second kappa shape index (κ2) is 7.75. The standard InChI is InChI=1S/C20H24Cl2N4O2/c1-12-9-20(11-28-12)4-7-26(8-5-20)19-15(10-27)25-17(13(2)24-19)14-3-6-23-18(22)16(14)21/h3,6,12,27H,4-5,7-11H2,1-2H3/t12-/m0/s1. The first-order valence-corrected chi connectivity index (χ1v) is 10.3. The average molecular weight is 423 g/mol. The molecule has 4 heterocycles. The van der Waals surface area contributed by atoms with Crippen molar-refractivity contribution in [3.8, 4) is 11.3 Å². The summed E-state index contributed by atoms with van der Waals surface area (Å²) < 4.78 is 5.82. The zero-order chi connectivity index (χ0) is 19.9. The number of piperidine rings is 1. The first-order chi connectivity index (χ1) is 13.4. The molecule has 2 aromatic heterocycles. The van der Waals surface area contributed by atoms with Crippen LogP contribution in [0, 0.1) is 12.3 Å². The van der Waals surface area contributed by atoms with Crippen LogP contribution in [0.1, 0.15) is 37.6 Å². The fraction of sp³-hybridized carbons (Fsp3) is 0.550. The summed E-state index contributed by atoms with van der Waals surface area (Å²) in [5.41, 5.74) is 2.88. The van der Waals surface area contributed by atoms with E-state index in [0.29, 0.717) is 33.5 Å². The van der Waals surface area contributed by atoms with E-state index in [1.807, 2.05) is 6.92 Å². The lowest BCUT2D eigenvalue weighted by Crippen LogP contribution is -2.41. The largest absolute Gasteiger partial charge is 0.390 e. The van der Waals surface area contributed by atoms with Gasteiger partial charge >= 0.3 is 0 Å². The van der Waals surface area contributed by atoms with Gasteiger partial charge in [0.2, 0.25) is 0 Å². The van der Waals surface area contributed by atoms with Crippen molar-refractivity contribution < 1.29 is 9.84 Å². The van der Waals surface area contributed by atoms with Crippen molar-refractivity contribution in [3.05, 3.63) is 33.8 Å². The number of pyridine rings is 1. The summed E-state index contributed by atoms with van der Waals surface area (Å²) >= 11 is 12.4. The first-order valence-electron chi connectivity index (χ1n) is 9.58. The SMILES string of the molecule is Cc1nc(N2CCC3(CC2)CO[C@@H](C)C3)c(CO)nc1-c1ccnc(Cl)c1Cl. The molecule has 28 heavy (non-hydrogen) atoms. The highest BCUT2D eigenvalue weighted by molar-refractivity contribution is 6.42. The van der Waals surface area contributed by atoms with E-state index in [1.54, 1.807) is 12.3 Å². The maximum atomic E-state index is 9.95. The third-order valence-corrected chi connectivity index (χ3v) is 6.66. The number of aliphatic hydroxyl groups is 1. The van der Waals surface area contributed by atoms with Crippen LogP contribution >= 0.6 is 23.2 Å². The molecular weight excluding hydrogens is 399 g/mol. The molecule has 0 unspecified atom stereocenters. The Labute approximate surface area is 174 Å². The molecule has 4 rings (SSSR count). The molecule has 1 N–H and O–H groups in total. The zero-order valence-electron chi connectivity index (χ0n) is 16.1. The van der Waals surface area contributed by atoms with Gasteiger partial charge < -0.3 is 14.7 Å². The Morgan fingerprint density at radius 1 is 1.29 bits per heavy atom. The number of aromatic nitrogens is 3. The molecule has 2 aliphatic heterocycles. The quantitative estimate of drug-likeness (QED) is 0.752. The third kappa shape index (κ3) is 3.59. The lowest BCUT2D eigenvalue weighted by atomic mass is 9.77. The highest BCUT2D eigenvalue weighted by Crippen LogP contribution is 2.43. The summed E-state index contributed by atoms with van der Waals surface area (Å²) in [5, 5.41) is 10.5. The monoisotopic (exact) mass is 422 g/mol. The number of hydrogen-bond acceptors (Lipinski definition) is 6. The first kappa shape index (κ1) is 19.8. The molecule has 0 aliphatic carbocycles. The van der Waals surface area contributed by atoms with E-state index in [0.717, 1.165) is 50.5 Å². The number of hydrogen-bond donors (Lipinski definition) is 1. The van der Waals surface area contributed by atoms with Crippen molar-refractivity contribution in [2.75, 3.05) is 24.6 Å². The Morgan fingerprint density at radius 2 is 2.04 bits per heavy atom. The maximum absolute atomic E-state index is 9.95. The van der Waals surface area contributed by atoms with Gasteiger partial charge in [-0.05, 0) is 44.6 Å². The molecule has 1 atom stereocenters. The van der Waals surface area contributed by atoms with E-state index in [-0.39, 0.29) is 11.8 Å². The second-order valence-electron chi connectivity index (χ2n) is 7.86. The Balaban J connectivity index is 1.62. The molecule has 2 fully saturated rings. The normalized spacial score (nSPS) is 21.5. The van der Waals surface area contributed by atoms with Crippen LogP contribution in [0.4, 0.5) is 5.82 Å². The minimum absolute atomic E-state index is 0.187. The molecule has 0 radical (unpaired) electrons. The smallest absolute Gasteiger partial charge is 0.153 e. The molecule has 0 bridgehead atoms. The fourth-order valence-corrected chi connectivity index (χ4v) is 4.71. The highest BCUT2D eigenvalue weighted by Gasteiger charge is 2.41. The summed E-state index contributed by atoms with van der Waals surface area (Å²) in [5.74, 6) is 0.752. The highest BCUT2D eigenvalue weighted by atomic mass is 35.5. The Kier molecular flexibility index (Phi) is 5.49. The van der Waals surface area contributed by atoms with Crippen molar-refractivity contribution in [3.63, 3.8) is 0 Å². The molecule has 8 heteroatoms. The van der Waals surface area contributed by atoms with Gasteiger partial charge in [0.25, 0.3) is 0 Å². The number of nitrogens with zero attached hydrogens (tertiary/aromatic N) is 4. The number of ether oxygens (including phenoxy) is 1. The van der Waals surface area contributed by atoms with Crippen LogP contribution in [-0.4, -0.2) is 45.9 Å². The molecule has 1 spiro atoms. The Hall–Kier alpha value is -1.47. The summed E-state index contributed by atoms with van der Waals surface area (Å²) in [7, 11) is 0. The second-order valence-corrected chi connectivity index (χ2v) is 8.60. The van der Waals surface area contributed by atoms with Gasteiger partial charge in [-0.3, -0.25) is 0 Å². The van der Waals surface area contributed by atoms with E-state index in [4.69, 9.17) is 32.9 Å². The molecule has 2 aliphatic rings. The summed E-state index contributed by atoms with van der Waals surface area (Å²) in [6.45, 7) is 6.48. The minimum Gasteiger partial charge on any atom is -0.390 e. The number of aliphatic hydroxyl groups excluding tert-OH is 1. The number of rotatable bonds is 3. The van der Waals surface area contributed by atoms with Gasteiger partial charge in [0.15, 0.2) is 5.82 Å². The lowest BCUT2D eigenvalue weighted by molar-refractivity contribution is 0.0975. The number of anilines is 1. The van der Waals surface area contributed by atoms with Crippen LogP contribution in [0.5, 0.6) is 0 Å². The molecule has 0 saturated carbocycles. The Bertz CT molecular complexity index is 885. The maximum Gasteiger partial charge on any atom is 0.153 e. The minimum atomic E-state index is -0.187. The summed E-state index contributed by atoms with van der Waals surface area (Å²) in [4.78, 5) is 15.7. The molecule has 2 aromatic rings. The van der Waals surface area contributed by atoms with Crippen LogP contribution in [0.3, 0.4) is 0 Å². The van der Waals surface area contributed by atoms with Crippen molar-refractivity contribution in [2.24, 2.45) is 5.41 Å². The molecule has 0 amide bonds. The van der Waals surface area contributed by atoms with Crippen molar-refractivity contribution >= 4 is 29.0 Å². The third-order valence-electron chi connectivity index (χ3n) is 5.89. The van der Waals surface area contributed by atoms with Gasteiger partial charge in [-0.1, -0.05) is 23.2 Å². The Morgan fingerprint density at radius 3 is 2.68 bits per heavy atom. The van der Waals surface area contributed by atoms with Crippen LogP contribution in [0.2, 0.25) is 10.2 Å². The van der Waals surface area contributed by atoms with E-state index in [2.05, 4.69) is 21.8 Å². The van der Waals surface area contributed by atoms with Crippen molar-refractivity contribution in [1.82, 2.24) is 15.0 Å². The van der Waals surface area contributed by atoms with Gasteiger partial charge in [-0.15, -0.1) is 0 Å². The van der Waals surface area contributed by atoms with Gasteiger partial charge in [-0.25, -0.2) is 15.0 Å². The predicted octanol–water partition coefficient (Wildman–Crippen LogP) is 4.04. The molecular formula is C20H24Cl2N4O2. The van der Waals surface area contributed by atoms with Gasteiger partial charge in [0.05, 0.1) is 35.7 Å². The molecule has 0 aromatic carbocycles. The fourth-order valence-electron chi connectivity index (χ4n) is 4.35. The van der Waals surface area contributed by atoms with Crippen LogP contribution in [0.15, 0.2) is 12.3 Å². The number of aryl methyl sites for hydroxylation is 1. The van der Waals surface area contributed by atoms with Gasteiger partial charge in [0.1, 0.15) is 10.8 Å². The van der Waals surface area contributed by atoms with E-state index in [9.17, 15) is 5.11 Å². The van der Waals surface area contributed by atoms with Gasteiger partial charge in [-0.2, -0.15) is 0 Å². The lowest BCUT2D eigenvalue weighted by Gasteiger charge is -2.39. The summed E-state index contributed by atoms with van der Waals surface area (Å²) in [6, 6.07) is 1.76. The molecule has 6 nitrogen and oxygen atoms in total. The van der Waals surface area contributed by atoms with Crippen molar-refractivity contribution in [2.45, 2.75) is 45.8 Å². The average Bonchev–Trinajstić information content (AvgIpc) is 3.05. The van der Waals surface area contributed by atoms with Crippen LogP contribution < -0.4 is 4.90 Å². The molecule has 150 valence electrons. The van der Waals surface area contributed by atoms with Crippen LogP contribution in [-0.2, 0) is 11.3 Å². The zero-order valence-corrected chi connectivity index (χ0v) is 17.6. The van der Waals surface area contributed by atoms with E-state index >= 15 is 0 Å². The summed E-state index contributed by atoms with van der Waals surface area (Å²) in [6.07, 6.45) is 5.19.